The van der Waals surface area contributed by atoms with E-state index >= 15 is 0 Å². The predicted molar refractivity (Wildman–Crippen MR) is 145 cm³/mol. The summed E-state index contributed by atoms with van der Waals surface area (Å²) in [5.41, 5.74) is 11.7. The number of nitrogens with one attached hydrogen (secondary N) is 1. The average Bonchev–Trinajstić information content (AvgIpc) is 2.91. The molecule has 2 aliphatic rings. The number of hydrogen-bond donors (Lipinski definition) is 3. The van der Waals surface area contributed by atoms with Crippen molar-refractivity contribution in [3.8, 4) is 0 Å². The minimum Gasteiger partial charge on any atom is -0.383 e. The number of carbonyl (C=O) groups excluding carboxylic acids is 2. The number of carbonyl (C=O) groups is 2. The van der Waals surface area contributed by atoms with Gasteiger partial charge in [-0.1, -0.05) is 30.1 Å². The number of halogens is 5. The maximum Gasteiger partial charge on any atom is 0.405 e. The van der Waals surface area contributed by atoms with Crippen molar-refractivity contribution in [2.24, 2.45) is 0 Å². The van der Waals surface area contributed by atoms with Gasteiger partial charge in [0.2, 0.25) is 0 Å². The zero-order valence-electron chi connectivity index (χ0n) is 21.7. The molecule has 0 radical (unpaired) electrons. The van der Waals surface area contributed by atoms with E-state index in [4.69, 9.17) is 34.7 Å². The number of alkyl halides is 3. The highest BCUT2D eigenvalue weighted by Gasteiger charge is 2.36. The van der Waals surface area contributed by atoms with Gasteiger partial charge in [0.05, 0.1) is 5.56 Å². The van der Waals surface area contributed by atoms with Crippen molar-refractivity contribution in [2.75, 3.05) is 55.6 Å². The molecule has 0 aromatic carbocycles. The van der Waals surface area contributed by atoms with E-state index in [0.717, 1.165) is 19.3 Å². The van der Waals surface area contributed by atoms with E-state index in [-0.39, 0.29) is 45.8 Å². The lowest BCUT2D eigenvalue weighted by atomic mass is 9.97. The predicted octanol–water partition coefficient (Wildman–Crippen LogP) is 2.84. The molecule has 4 heterocycles. The monoisotopic (exact) mass is 603 g/mol. The Hall–Kier alpha value is -3.10. The van der Waals surface area contributed by atoms with Crippen LogP contribution in [0.3, 0.4) is 0 Å². The molecule has 0 spiro atoms. The largest absolute Gasteiger partial charge is 0.405 e. The number of aromatic nitrogens is 3. The number of hydrogen-bond acceptors (Lipinski definition) is 9. The Morgan fingerprint density at radius 2 is 1.75 bits per heavy atom. The molecule has 218 valence electrons. The third-order valence-electron chi connectivity index (χ3n) is 7.17. The lowest BCUT2D eigenvalue weighted by Gasteiger charge is -2.47. The Morgan fingerprint density at radius 1 is 1.05 bits per heavy atom. The van der Waals surface area contributed by atoms with Gasteiger partial charge in [-0.15, -0.1) is 0 Å². The smallest absolute Gasteiger partial charge is 0.383 e. The van der Waals surface area contributed by atoms with Gasteiger partial charge in [0, 0.05) is 44.8 Å². The zero-order valence-corrected chi connectivity index (χ0v) is 23.2. The number of nitrogens with zero attached hydrogens (tertiary/aromatic N) is 6. The van der Waals surface area contributed by atoms with Gasteiger partial charge in [0.25, 0.3) is 11.8 Å². The fourth-order valence-electron chi connectivity index (χ4n) is 5.16. The number of piperazine rings is 1. The maximum absolute atomic E-state index is 13.0. The third kappa shape index (κ3) is 6.78. The number of anilines is 3. The van der Waals surface area contributed by atoms with E-state index in [9.17, 15) is 22.8 Å². The van der Waals surface area contributed by atoms with Gasteiger partial charge >= 0.3 is 6.18 Å². The van der Waals surface area contributed by atoms with Crippen LogP contribution in [-0.4, -0.2) is 94.1 Å². The van der Waals surface area contributed by atoms with Gasteiger partial charge in [-0.25, -0.2) is 15.0 Å². The summed E-state index contributed by atoms with van der Waals surface area (Å²) in [5, 5.41) is 1.84. The summed E-state index contributed by atoms with van der Waals surface area (Å²) in [7, 11) is 0. The molecule has 16 heteroatoms. The lowest BCUT2D eigenvalue weighted by Crippen LogP contribution is -2.58. The standard InChI is InChI=1S/C24H30Cl2F3N9O2/c1-2-13-11-37(21-18(26)34-17(20(31)35-21)22(39)32-12-24(27,28)29)9-10-38(13)14-5-7-36(8-6-14)23(40)15-3-4-16(25)33-19(15)30/h3-4,13-14H,2,5-12H2,1H3,(H2,30,33)(H2,31,35)(H,32,39)/t13-/m0/s1. The molecule has 0 unspecified atom stereocenters. The lowest BCUT2D eigenvalue weighted by molar-refractivity contribution is -0.123. The van der Waals surface area contributed by atoms with E-state index in [1.54, 1.807) is 22.3 Å². The minimum absolute atomic E-state index is 0.110. The minimum atomic E-state index is -4.58. The molecule has 1 atom stereocenters. The normalized spacial score (nSPS) is 19.1. The van der Waals surface area contributed by atoms with Gasteiger partial charge in [0.15, 0.2) is 22.5 Å². The topological polar surface area (TPSA) is 147 Å². The van der Waals surface area contributed by atoms with Crippen molar-refractivity contribution in [3.05, 3.63) is 33.7 Å². The van der Waals surface area contributed by atoms with Gasteiger partial charge in [-0.2, -0.15) is 13.2 Å². The van der Waals surface area contributed by atoms with Gasteiger partial charge in [0.1, 0.15) is 17.5 Å². The van der Waals surface area contributed by atoms with Gasteiger partial charge in [-0.05, 0) is 31.4 Å². The number of nitrogens with two attached hydrogens (primary N) is 2. The van der Waals surface area contributed by atoms with Crippen LogP contribution in [0.25, 0.3) is 0 Å². The van der Waals surface area contributed by atoms with E-state index < -0.39 is 24.3 Å². The number of amides is 2. The summed E-state index contributed by atoms with van der Waals surface area (Å²) in [6.45, 7) is 3.52. The summed E-state index contributed by atoms with van der Waals surface area (Å²) in [4.78, 5) is 43.4. The third-order valence-corrected chi connectivity index (χ3v) is 7.63. The molecule has 2 aromatic rings. The van der Waals surface area contributed by atoms with E-state index in [1.165, 1.54) is 0 Å². The molecule has 4 rings (SSSR count). The van der Waals surface area contributed by atoms with Crippen LogP contribution in [0, 0.1) is 0 Å². The second kappa shape index (κ2) is 12.2. The summed E-state index contributed by atoms with van der Waals surface area (Å²) >= 11 is 12.2. The Labute approximate surface area is 239 Å². The van der Waals surface area contributed by atoms with E-state index in [0.29, 0.717) is 38.3 Å². The fraction of sp³-hybridized carbons (Fsp3) is 0.542. The Morgan fingerprint density at radius 3 is 2.38 bits per heavy atom. The van der Waals surface area contributed by atoms with Crippen LogP contribution in [-0.2, 0) is 0 Å². The number of rotatable bonds is 6. The molecule has 40 heavy (non-hydrogen) atoms. The summed E-state index contributed by atoms with van der Waals surface area (Å²) in [5.74, 6) is -1.19. The first-order valence-corrected chi connectivity index (χ1v) is 13.5. The Balaban J connectivity index is 1.38. The molecule has 5 N–H and O–H groups in total. The first-order chi connectivity index (χ1) is 18.9. The second-order valence-electron chi connectivity index (χ2n) is 9.71. The maximum atomic E-state index is 13.0. The van der Waals surface area contributed by atoms with Gasteiger partial charge in [-0.3, -0.25) is 14.5 Å². The molecular weight excluding hydrogens is 574 g/mol. The van der Waals surface area contributed by atoms with Crippen molar-refractivity contribution in [2.45, 2.75) is 44.4 Å². The summed E-state index contributed by atoms with van der Waals surface area (Å²) < 4.78 is 37.4. The molecular formula is C24H30Cl2F3N9O2. The molecule has 2 fully saturated rings. The van der Waals surface area contributed by atoms with Crippen LogP contribution >= 0.6 is 23.2 Å². The van der Waals surface area contributed by atoms with Crippen molar-refractivity contribution < 1.29 is 22.8 Å². The Kier molecular flexibility index (Phi) is 9.10. The molecule has 2 aromatic heterocycles. The van der Waals surface area contributed by atoms with E-state index in [1.807, 2.05) is 4.90 Å². The first-order valence-electron chi connectivity index (χ1n) is 12.8. The number of likely N-dealkylation sites (tertiary alicyclic amines) is 1. The average molecular weight is 604 g/mol. The quantitative estimate of drug-likeness (QED) is 0.424. The van der Waals surface area contributed by atoms with E-state index in [2.05, 4.69) is 26.8 Å². The van der Waals surface area contributed by atoms with Crippen molar-refractivity contribution >= 4 is 52.5 Å². The SMILES string of the molecule is CC[C@H]1CN(c2nc(N)c(C(=O)NCC(F)(F)F)nc2Cl)CCN1C1CCN(C(=O)c2ccc(Cl)nc2N)CC1. The van der Waals surface area contributed by atoms with Crippen molar-refractivity contribution in [1.82, 2.24) is 30.1 Å². The summed E-state index contributed by atoms with van der Waals surface area (Å²) in [6.07, 6.45) is -2.16. The van der Waals surface area contributed by atoms with Crippen LogP contribution in [0.1, 0.15) is 47.0 Å². The molecule has 2 saturated heterocycles. The molecule has 0 aliphatic carbocycles. The van der Waals surface area contributed by atoms with Crippen LogP contribution in [0.15, 0.2) is 12.1 Å². The first kappa shape index (κ1) is 29.9. The highest BCUT2D eigenvalue weighted by Crippen LogP contribution is 2.30. The summed E-state index contributed by atoms with van der Waals surface area (Å²) in [6, 6.07) is 3.55. The Bertz CT molecular complexity index is 1260. The van der Waals surface area contributed by atoms with Crippen molar-refractivity contribution in [1.29, 1.82) is 0 Å². The van der Waals surface area contributed by atoms with Crippen molar-refractivity contribution in [3.63, 3.8) is 0 Å². The molecule has 2 aliphatic heterocycles. The van der Waals surface area contributed by atoms with Crippen LogP contribution in [0.5, 0.6) is 0 Å². The van der Waals surface area contributed by atoms with Crippen LogP contribution in [0.2, 0.25) is 10.3 Å². The van der Waals surface area contributed by atoms with Crippen LogP contribution in [0.4, 0.5) is 30.6 Å². The molecule has 0 bridgehead atoms. The van der Waals surface area contributed by atoms with Crippen LogP contribution < -0.4 is 21.7 Å². The number of pyridine rings is 1. The second-order valence-corrected chi connectivity index (χ2v) is 10.5. The highest BCUT2D eigenvalue weighted by molar-refractivity contribution is 6.32. The number of piperidine rings is 1. The van der Waals surface area contributed by atoms with Gasteiger partial charge < -0.3 is 26.6 Å². The molecule has 2 amide bonds. The highest BCUT2D eigenvalue weighted by atomic mass is 35.5. The fourth-order valence-corrected chi connectivity index (χ4v) is 5.56. The number of nitrogen functional groups attached to an aromatic ring is 2. The zero-order chi connectivity index (χ0) is 29.2. The molecule has 0 saturated carbocycles. The molecule has 11 nitrogen and oxygen atoms in total.